The van der Waals surface area contributed by atoms with Crippen LogP contribution in [0.25, 0.3) is 21.8 Å². The Morgan fingerprint density at radius 2 is 2.20 bits per heavy atom. The van der Waals surface area contributed by atoms with Crippen LogP contribution < -0.4 is 0 Å². The lowest BCUT2D eigenvalue weighted by Crippen LogP contribution is -1.81. The first-order valence-electron chi connectivity index (χ1n) is 4.84. The quantitative estimate of drug-likeness (QED) is 0.629. The van der Waals surface area contributed by atoms with E-state index in [0.29, 0.717) is 0 Å². The summed E-state index contributed by atoms with van der Waals surface area (Å²) in [5, 5.41) is 11.3. The molecule has 3 rings (SSSR count). The van der Waals surface area contributed by atoms with E-state index in [9.17, 15) is 0 Å². The minimum absolute atomic E-state index is 0.0381. The first-order valence-corrected chi connectivity index (χ1v) is 4.84. The number of H-pyrrole nitrogens is 1. The van der Waals surface area contributed by atoms with Crippen molar-refractivity contribution in [3.8, 4) is 0 Å². The van der Waals surface area contributed by atoms with Crippen molar-refractivity contribution in [3.63, 3.8) is 0 Å². The Morgan fingerprint density at radius 3 is 3.07 bits per heavy atom. The lowest BCUT2D eigenvalue weighted by molar-refractivity contribution is 0.278. The zero-order valence-electron chi connectivity index (χ0n) is 8.07. The average Bonchev–Trinajstić information content (AvgIpc) is 2.72. The van der Waals surface area contributed by atoms with E-state index in [1.165, 1.54) is 0 Å². The van der Waals surface area contributed by atoms with Gasteiger partial charge < -0.3 is 10.1 Å². The van der Waals surface area contributed by atoms with E-state index in [0.717, 1.165) is 27.5 Å². The van der Waals surface area contributed by atoms with E-state index in [2.05, 4.69) is 9.97 Å². The van der Waals surface area contributed by atoms with Crippen LogP contribution in [-0.4, -0.2) is 15.1 Å². The maximum atomic E-state index is 9.06. The number of rotatable bonds is 1. The number of aromatic amines is 1. The molecule has 0 aliphatic rings. The summed E-state index contributed by atoms with van der Waals surface area (Å²) in [7, 11) is 0. The van der Waals surface area contributed by atoms with E-state index in [1.54, 1.807) is 6.20 Å². The SMILES string of the molecule is OCc1cc2ccc3ncccc3c2[nH]1. The molecule has 0 atom stereocenters. The van der Waals surface area contributed by atoms with Gasteiger partial charge in [-0.15, -0.1) is 0 Å². The molecule has 0 bridgehead atoms. The fourth-order valence-corrected chi connectivity index (χ4v) is 1.90. The Hall–Kier alpha value is -1.87. The van der Waals surface area contributed by atoms with Crippen LogP contribution in [0.3, 0.4) is 0 Å². The molecule has 2 N–H and O–H groups in total. The first-order chi connectivity index (χ1) is 7.38. The Balaban J connectivity index is 2.47. The number of nitrogens with one attached hydrogen (secondary N) is 1. The third kappa shape index (κ3) is 1.21. The number of hydrogen-bond acceptors (Lipinski definition) is 2. The third-order valence-corrected chi connectivity index (χ3v) is 2.60. The molecule has 0 amide bonds. The van der Waals surface area contributed by atoms with Crippen molar-refractivity contribution < 1.29 is 5.11 Å². The molecule has 0 spiro atoms. The summed E-state index contributed by atoms with van der Waals surface area (Å²) >= 11 is 0. The van der Waals surface area contributed by atoms with Crippen LogP contribution >= 0.6 is 0 Å². The fourth-order valence-electron chi connectivity index (χ4n) is 1.90. The van der Waals surface area contributed by atoms with E-state index >= 15 is 0 Å². The lowest BCUT2D eigenvalue weighted by Gasteiger charge is -1.97. The number of pyridine rings is 1. The molecule has 0 radical (unpaired) electrons. The van der Waals surface area contributed by atoms with Crippen LogP contribution in [0, 0.1) is 0 Å². The second-order valence-electron chi connectivity index (χ2n) is 3.55. The molecule has 1 aromatic carbocycles. The monoisotopic (exact) mass is 198 g/mol. The number of hydrogen-bond donors (Lipinski definition) is 2. The van der Waals surface area contributed by atoms with Gasteiger partial charge in [0.1, 0.15) is 0 Å². The van der Waals surface area contributed by atoms with Gasteiger partial charge in [0.2, 0.25) is 0 Å². The minimum atomic E-state index is 0.0381. The normalized spacial score (nSPS) is 11.3. The van der Waals surface area contributed by atoms with E-state index in [4.69, 9.17) is 5.11 Å². The van der Waals surface area contributed by atoms with Crippen LogP contribution in [0.2, 0.25) is 0 Å². The van der Waals surface area contributed by atoms with Gasteiger partial charge in [0.15, 0.2) is 0 Å². The zero-order valence-corrected chi connectivity index (χ0v) is 8.07. The highest BCUT2D eigenvalue weighted by molar-refractivity contribution is 6.04. The first kappa shape index (κ1) is 8.44. The molecule has 0 aliphatic carbocycles. The third-order valence-electron chi connectivity index (χ3n) is 2.60. The van der Waals surface area contributed by atoms with Crippen LogP contribution in [0.5, 0.6) is 0 Å². The fraction of sp³-hybridized carbons (Fsp3) is 0.0833. The van der Waals surface area contributed by atoms with E-state index < -0.39 is 0 Å². The van der Waals surface area contributed by atoms with Gasteiger partial charge in [0.05, 0.1) is 17.6 Å². The van der Waals surface area contributed by atoms with E-state index in [-0.39, 0.29) is 6.61 Å². The Kier molecular flexibility index (Phi) is 1.73. The molecule has 2 aromatic heterocycles. The van der Waals surface area contributed by atoms with E-state index in [1.807, 2.05) is 30.3 Å². The van der Waals surface area contributed by atoms with Crippen molar-refractivity contribution in [2.24, 2.45) is 0 Å². The predicted octanol–water partition coefficient (Wildman–Crippen LogP) is 2.21. The van der Waals surface area contributed by atoms with Crippen LogP contribution in [0.15, 0.2) is 36.5 Å². The van der Waals surface area contributed by atoms with Gasteiger partial charge in [-0.2, -0.15) is 0 Å². The molecule has 0 fully saturated rings. The summed E-state index contributed by atoms with van der Waals surface area (Å²) in [5.41, 5.74) is 2.85. The summed E-state index contributed by atoms with van der Waals surface area (Å²) in [6.45, 7) is 0.0381. The van der Waals surface area contributed by atoms with Crippen LogP contribution in [0.1, 0.15) is 5.69 Å². The van der Waals surface area contributed by atoms with Gasteiger partial charge in [-0.25, -0.2) is 0 Å². The molecule has 0 aliphatic heterocycles. The molecule has 3 heteroatoms. The van der Waals surface area contributed by atoms with Gasteiger partial charge in [0, 0.05) is 22.7 Å². The van der Waals surface area contributed by atoms with Crippen LogP contribution in [0.4, 0.5) is 0 Å². The van der Waals surface area contributed by atoms with Crippen molar-refractivity contribution >= 4 is 21.8 Å². The van der Waals surface area contributed by atoms with Crippen LogP contribution in [-0.2, 0) is 6.61 Å². The average molecular weight is 198 g/mol. The number of aliphatic hydroxyl groups excluding tert-OH is 1. The maximum absolute atomic E-state index is 9.06. The lowest BCUT2D eigenvalue weighted by atomic mass is 10.1. The van der Waals surface area contributed by atoms with Gasteiger partial charge >= 0.3 is 0 Å². The molecule has 15 heavy (non-hydrogen) atoms. The second-order valence-corrected chi connectivity index (χ2v) is 3.55. The molecular weight excluding hydrogens is 188 g/mol. The van der Waals surface area contributed by atoms with Crippen molar-refractivity contribution in [1.82, 2.24) is 9.97 Å². The summed E-state index contributed by atoms with van der Waals surface area (Å²) in [4.78, 5) is 7.48. The molecule has 3 aromatic rings. The molecule has 74 valence electrons. The Labute approximate surface area is 86.4 Å². The van der Waals surface area contributed by atoms with Crippen molar-refractivity contribution in [2.45, 2.75) is 6.61 Å². The highest BCUT2D eigenvalue weighted by atomic mass is 16.3. The highest BCUT2D eigenvalue weighted by Gasteiger charge is 2.03. The second kappa shape index (κ2) is 3.07. The number of benzene rings is 1. The summed E-state index contributed by atoms with van der Waals surface area (Å²) in [6, 6.07) is 9.91. The highest BCUT2D eigenvalue weighted by Crippen LogP contribution is 2.23. The van der Waals surface area contributed by atoms with Crippen molar-refractivity contribution in [1.29, 1.82) is 0 Å². The minimum Gasteiger partial charge on any atom is -0.390 e. The van der Waals surface area contributed by atoms with Gasteiger partial charge in [-0.3, -0.25) is 4.98 Å². The number of aliphatic hydroxyl groups is 1. The summed E-state index contributed by atoms with van der Waals surface area (Å²) in [5.74, 6) is 0. The van der Waals surface area contributed by atoms with Gasteiger partial charge in [0.25, 0.3) is 0 Å². The molecular formula is C12H10N2O. The summed E-state index contributed by atoms with van der Waals surface area (Å²) in [6.07, 6.45) is 1.78. The predicted molar refractivity (Wildman–Crippen MR) is 59.5 cm³/mol. The molecule has 0 saturated carbocycles. The van der Waals surface area contributed by atoms with Gasteiger partial charge in [-0.1, -0.05) is 6.07 Å². The maximum Gasteiger partial charge on any atom is 0.0831 e. The topological polar surface area (TPSA) is 48.9 Å². The standard InChI is InChI=1S/C12H10N2O/c15-7-9-6-8-3-4-11-10(12(8)14-9)2-1-5-13-11/h1-6,14-15H,7H2. The molecule has 3 nitrogen and oxygen atoms in total. The van der Waals surface area contributed by atoms with Crippen molar-refractivity contribution in [3.05, 3.63) is 42.2 Å². The number of fused-ring (bicyclic) bond motifs is 3. The van der Waals surface area contributed by atoms with Gasteiger partial charge in [-0.05, 0) is 24.3 Å². The smallest absolute Gasteiger partial charge is 0.0831 e. The summed E-state index contributed by atoms with van der Waals surface area (Å²) < 4.78 is 0. The molecule has 0 unspecified atom stereocenters. The Bertz CT molecular complexity index is 628. The largest absolute Gasteiger partial charge is 0.390 e. The zero-order chi connectivity index (χ0) is 10.3. The van der Waals surface area contributed by atoms with Crippen molar-refractivity contribution in [2.75, 3.05) is 0 Å². The number of nitrogens with zero attached hydrogens (tertiary/aromatic N) is 1. The molecule has 2 heterocycles. The Morgan fingerprint density at radius 1 is 1.27 bits per heavy atom. The molecule has 0 saturated heterocycles. The number of aromatic nitrogens is 2.